The minimum absolute atomic E-state index is 0.0582. The van der Waals surface area contributed by atoms with Gasteiger partial charge in [-0.05, 0) is 49.4 Å². The standard InChI is InChI=1S/C20H19ClFNO5/c1-2-27-15-6-3-13(4-7-15)18(24)9-10-20(26)28-12-19(25)23-17-11-14(21)5-8-16(17)22/h3-8,11H,2,9-10,12H2,1H3,(H,23,25). The quantitative estimate of drug-likeness (QED) is 0.501. The number of hydrogen-bond donors (Lipinski definition) is 1. The van der Waals surface area contributed by atoms with Gasteiger partial charge >= 0.3 is 5.97 Å². The van der Waals surface area contributed by atoms with Crippen molar-refractivity contribution in [2.45, 2.75) is 19.8 Å². The van der Waals surface area contributed by atoms with Crippen LogP contribution in [0.25, 0.3) is 0 Å². The molecule has 0 aliphatic heterocycles. The van der Waals surface area contributed by atoms with Crippen molar-refractivity contribution in [3.63, 3.8) is 0 Å². The minimum Gasteiger partial charge on any atom is -0.494 e. The van der Waals surface area contributed by atoms with E-state index in [4.69, 9.17) is 21.1 Å². The van der Waals surface area contributed by atoms with E-state index in [-0.39, 0.29) is 29.3 Å². The van der Waals surface area contributed by atoms with Gasteiger partial charge in [0.2, 0.25) is 0 Å². The highest BCUT2D eigenvalue weighted by Gasteiger charge is 2.13. The molecule has 0 bridgehead atoms. The molecule has 2 rings (SSSR count). The predicted octanol–water partition coefficient (Wildman–Crippen LogP) is 4.02. The lowest BCUT2D eigenvalue weighted by atomic mass is 10.1. The highest BCUT2D eigenvalue weighted by Crippen LogP contribution is 2.19. The van der Waals surface area contributed by atoms with Crippen molar-refractivity contribution in [1.29, 1.82) is 0 Å². The molecule has 0 atom stereocenters. The zero-order chi connectivity index (χ0) is 20.5. The fourth-order valence-electron chi connectivity index (χ4n) is 2.26. The van der Waals surface area contributed by atoms with Crippen LogP contribution >= 0.6 is 11.6 Å². The molecular weight excluding hydrogens is 389 g/mol. The van der Waals surface area contributed by atoms with Crippen molar-refractivity contribution in [3.05, 3.63) is 58.9 Å². The van der Waals surface area contributed by atoms with Gasteiger partial charge in [0.1, 0.15) is 11.6 Å². The third-order valence-corrected chi connectivity index (χ3v) is 3.85. The number of ketones is 1. The Morgan fingerprint density at radius 3 is 2.46 bits per heavy atom. The second kappa shape index (κ2) is 10.4. The normalized spacial score (nSPS) is 10.2. The summed E-state index contributed by atoms with van der Waals surface area (Å²) in [6, 6.07) is 10.3. The lowest BCUT2D eigenvalue weighted by Gasteiger charge is -2.08. The maximum absolute atomic E-state index is 13.5. The second-order valence-corrected chi connectivity index (χ2v) is 6.15. The Balaban J connectivity index is 1.75. The summed E-state index contributed by atoms with van der Waals surface area (Å²) < 4.78 is 23.6. The molecule has 0 aliphatic rings. The first-order valence-electron chi connectivity index (χ1n) is 8.55. The van der Waals surface area contributed by atoms with Crippen molar-refractivity contribution in [2.24, 2.45) is 0 Å². The molecule has 1 amide bonds. The second-order valence-electron chi connectivity index (χ2n) is 5.71. The topological polar surface area (TPSA) is 81.7 Å². The van der Waals surface area contributed by atoms with Gasteiger partial charge in [-0.25, -0.2) is 4.39 Å². The lowest BCUT2D eigenvalue weighted by molar-refractivity contribution is -0.147. The zero-order valence-electron chi connectivity index (χ0n) is 15.2. The summed E-state index contributed by atoms with van der Waals surface area (Å²) in [5, 5.41) is 2.51. The van der Waals surface area contributed by atoms with Gasteiger partial charge < -0.3 is 14.8 Å². The van der Waals surface area contributed by atoms with E-state index in [9.17, 15) is 18.8 Å². The lowest BCUT2D eigenvalue weighted by Crippen LogP contribution is -2.21. The van der Waals surface area contributed by atoms with Crippen LogP contribution in [-0.4, -0.2) is 30.9 Å². The molecule has 0 aliphatic carbocycles. The molecule has 148 valence electrons. The number of carbonyl (C=O) groups is 3. The van der Waals surface area contributed by atoms with Gasteiger partial charge in [0.15, 0.2) is 12.4 Å². The molecular formula is C20H19ClFNO5. The van der Waals surface area contributed by atoms with Crippen LogP contribution in [-0.2, 0) is 14.3 Å². The maximum atomic E-state index is 13.5. The number of ether oxygens (including phenoxy) is 2. The molecule has 2 aromatic rings. The van der Waals surface area contributed by atoms with Gasteiger partial charge in [-0.2, -0.15) is 0 Å². The fourth-order valence-corrected chi connectivity index (χ4v) is 2.43. The third kappa shape index (κ3) is 6.66. The minimum atomic E-state index is -0.715. The number of rotatable bonds is 9. The average Bonchev–Trinajstić information content (AvgIpc) is 2.68. The fraction of sp³-hybridized carbons (Fsp3) is 0.250. The van der Waals surface area contributed by atoms with E-state index in [1.807, 2.05) is 6.92 Å². The number of nitrogens with one attached hydrogen (secondary N) is 1. The first-order chi connectivity index (χ1) is 13.4. The van der Waals surface area contributed by atoms with E-state index in [1.165, 1.54) is 12.1 Å². The van der Waals surface area contributed by atoms with Crippen LogP contribution < -0.4 is 10.1 Å². The van der Waals surface area contributed by atoms with E-state index in [0.717, 1.165) is 6.07 Å². The zero-order valence-corrected chi connectivity index (χ0v) is 15.9. The van der Waals surface area contributed by atoms with E-state index in [1.54, 1.807) is 24.3 Å². The molecule has 0 aromatic heterocycles. The Hall–Kier alpha value is -2.93. The molecule has 0 fully saturated rings. The largest absolute Gasteiger partial charge is 0.494 e. The first kappa shape index (κ1) is 21.4. The summed E-state index contributed by atoms with van der Waals surface area (Å²) in [5.41, 5.74) is 0.338. The monoisotopic (exact) mass is 407 g/mol. The molecule has 28 heavy (non-hydrogen) atoms. The van der Waals surface area contributed by atoms with Gasteiger partial charge in [0.05, 0.1) is 18.7 Å². The van der Waals surface area contributed by atoms with Gasteiger partial charge in [0, 0.05) is 17.0 Å². The smallest absolute Gasteiger partial charge is 0.306 e. The van der Waals surface area contributed by atoms with Gasteiger partial charge in [0.25, 0.3) is 5.91 Å². The molecule has 0 saturated heterocycles. The number of benzene rings is 2. The summed E-state index contributed by atoms with van der Waals surface area (Å²) in [4.78, 5) is 35.6. The van der Waals surface area contributed by atoms with Crippen LogP contribution in [0.3, 0.4) is 0 Å². The van der Waals surface area contributed by atoms with E-state index >= 15 is 0 Å². The number of halogens is 2. The summed E-state index contributed by atoms with van der Waals surface area (Å²) in [5.74, 6) is -1.66. The summed E-state index contributed by atoms with van der Waals surface area (Å²) in [6.45, 7) is 1.79. The number of esters is 1. The van der Waals surface area contributed by atoms with Crippen molar-refractivity contribution in [2.75, 3.05) is 18.5 Å². The number of amides is 1. The molecule has 0 radical (unpaired) electrons. The van der Waals surface area contributed by atoms with Gasteiger partial charge in [-0.1, -0.05) is 11.6 Å². The molecule has 1 N–H and O–H groups in total. The van der Waals surface area contributed by atoms with Crippen molar-refractivity contribution in [3.8, 4) is 5.75 Å². The van der Waals surface area contributed by atoms with Crippen molar-refractivity contribution < 1.29 is 28.2 Å². The molecule has 8 heteroatoms. The van der Waals surface area contributed by atoms with Crippen LogP contribution in [0.2, 0.25) is 5.02 Å². The molecule has 0 saturated carbocycles. The Bertz CT molecular complexity index is 854. The molecule has 2 aromatic carbocycles. The maximum Gasteiger partial charge on any atom is 0.306 e. The predicted molar refractivity (Wildman–Crippen MR) is 102 cm³/mol. The van der Waals surface area contributed by atoms with Crippen molar-refractivity contribution >= 4 is 34.9 Å². The van der Waals surface area contributed by atoms with Crippen LogP contribution in [0.1, 0.15) is 30.1 Å². The van der Waals surface area contributed by atoms with Crippen LogP contribution in [0.5, 0.6) is 5.75 Å². The number of anilines is 1. The van der Waals surface area contributed by atoms with Crippen LogP contribution in [0.15, 0.2) is 42.5 Å². The summed E-state index contributed by atoms with van der Waals surface area (Å²) in [7, 11) is 0. The van der Waals surface area contributed by atoms with Crippen LogP contribution in [0.4, 0.5) is 10.1 Å². The first-order valence-corrected chi connectivity index (χ1v) is 8.93. The Labute approximate surface area is 166 Å². The molecule has 0 spiro atoms. The van der Waals surface area contributed by atoms with E-state index in [2.05, 4.69) is 5.32 Å². The molecule has 6 nitrogen and oxygen atoms in total. The average molecular weight is 408 g/mol. The van der Waals surface area contributed by atoms with E-state index in [0.29, 0.717) is 17.9 Å². The number of carbonyl (C=O) groups excluding carboxylic acids is 3. The van der Waals surface area contributed by atoms with Gasteiger partial charge in [-0.15, -0.1) is 0 Å². The SMILES string of the molecule is CCOc1ccc(C(=O)CCC(=O)OCC(=O)Nc2cc(Cl)ccc2F)cc1. The van der Waals surface area contributed by atoms with Crippen LogP contribution in [0, 0.1) is 5.82 Å². The van der Waals surface area contributed by atoms with Crippen molar-refractivity contribution in [1.82, 2.24) is 0 Å². The number of hydrogen-bond acceptors (Lipinski definition) is 5. The van der Waals surface area contributed by atoms with Gasteiger partial charge in [-0.3, -0.25) is 14.4 Å². The Kier molecular flexibility index (Phi) is 7.95. The highest BCUT2D eigenvalue weighted by atomic mass is 35.5. The Morgan fingerprint density at radius 1 is 1.07 bits per heavy atom. The third-order valence-electron chi connectivity index (χ3n) is 3.61. The number of Topliss-reactive ketones (excluding diaryl/α,β-unsaturated/α-hetero) is 1. The molecule has 0 unspecified atom stereocenters. The Morgan fingerprint density at radius 2 is 1.79 bits per heavy atom. The highest BCUT2D eigenvalue weighted by molar-refractivity contribution is 6.30. The summed E-state index contributed by atoms with van der Waals surface area (Å²) in [6.07, 6.45) is -0.234. The summed E-state index contributed by atoms with van der Waals surface area (Å²) >= 11 is 5.73. The van der Waals surface area contributed by atoms with E-state index < -0.39 is 24.3 Å². The molecule has 0 heterocycles.